The van der Waals surface area contributed by atoms with Gasteiger partial charge in [-0.05, 0) is 20.8 Å². The predicted molar refractivity (Wildman–Crippen MR) is 46.6 cm³/mol. The van der Waals surface area contributed by atoms with Gasteiger partial charge in [0.1, 0.15) is 24.4 Å². The molecule has 0 saturated carbocycles. The lowest BCUT2D eigenvalue weighted by molar-refractivity contribution is -0.125. The third kappa shape index (κ3) is 2.89. The number of carbonyl (C=O) groups is 2. The van der Waals surface area contributed by atoms with Crippen molar-refractivity contribution in [2.24, 2.45) is 0 Å². The smallest absolute Gasteiger partial charge is 0.429 e. The van der Waals surface area contributed by atoms with E-state index in [-0.39, 0.29) is 12.5 Å². The molecule has 1 aliphatic rings. The fourth-order valence-electron chi connectivity index (χ4n) is 0.665. The monoisotopic (exact) mass is 205 g/mol. The van der Waals surface area contributed by atoms with Gasteiger partial charge in [0, 0.05) is 0 Å². The summed E-state index contributed by atoms with van der Waals surface area (Å²) in [6.07, 6.45) is -0.681. The van der Waals surface area contributed by atoms with Gasteiger partial charge in [0.25, 0.3) is 5.91 Å². The van der Waals surface area contributed by atoms with E-state index in [0.29, 0.717) is 12.2 Å². The van der Waals surface area contributed by atoms with Crippen molar-refractivity contribution in [3.63, 3.8) is 0 Å². The van der Waals surface area contributed by atoms with Gasteiger partial charge < -0.3 is 4.74 Å². The van der Waals surface area contributed by atoms with Crippen LogP contribution in [0.25, 0.3) is 0 Å². The zero-order chi connectivity index (χ0) is 10.1. The van der Waals surface area contributed by atoms with E-state index in [1.54, 1.807) is 20.8 Å². The number of ether oxygens (including phenoxy) is 1. The van der Waals surface area contributed by atoms with Crippen LogP contribution in [0.4, 0.5) is 4.79 Å². The number of rotatable bonds is 0. The molecule has 5 nitrogen and oxygen atoms in total. The molecule has 0 radical (unpaired) electrons. The Kier molecular flexibility index (Phi) is 2.82. The molecule has 0 atom stereocenters. The molecule has 1 aliphatic heterocycles. The van der Waals surface area contributed by atoms with Crippen LogP contribution in [-0.4, -0.2) is 28.5 Å². The van der Waals surface area contributed by atoms with Crippen LogP contribution >= 0.6 is 12.2 Å². The first kappa shape index (κ1) is 10.3. The molecule has 0 spiro atoms. The fourth-order valence-corrected chi connectivity index (χ4v) is 1.16. The molecule has 74 valence electrons. The van der Waals surface area contributed by atoms with Gasteiger partial charge in [-0.2, -0.15) is 4.31 Å². The molecule has 0 N–H and O–H groups in total. The van der Waals surface area contributed by atoms with Crippen molar-refractivity contribution in [1.82, 2.24) is 4.31 Å². The molecule has 2 amide bonds. The standard InChI is InChI=1S/C7H11NO4S/c1-7(2,3)12-6(10)8-5(9)4-11-13-8/h4H2,1-3H3. The van der Waals surface area contributed by atoms with E-state index in [4.69, 9.17) is 8.92 Å². The van der Waals surface area contributed by atoms with E-state index in [1.807, 2.05) is 0 Å². The minimum absolute atomic E-state index is 0.0795. The number of amides is 2. The molecule has 0 aromatic heterocycles. The molecule has 0 aromatic rings. The van der Waals surface area contributed by atoms with Crippen LogP contribution in [0.3, 0.4) is 0 Å². The maximum Gasteiger partial charge on any atom is 0.429 e. The molecule has 1 heterocycles. The molecule has 0 aliphatic carbocycles. The molecule has 1 fully saturated rings. The van der Waals surface area contributed by atoms with Crippen LogP contribution < -0.4 is 0 Å². The van der Waals surface area contributed by atoms with Crippen molar-refractivity contribution >= 4 is 24.2 Å². The molecule has 0 unspecified atom stereocenters. The van der Waals surface area contributed by atoms with Gasteiger partial charge in [-0.25, -0.2) is 4.79 Å². The van der Waals surface area contributed by atoms with Gasteiger partial charge in [-0.1, -0.05) is 0 Å². The van der Waals surface area contributed by atoms with Gasteiger partial charge in [0.15, 0.2) is 0 Å². The predicted octanol–water partition coefficient (Wildman–Crippen LogP) is 1.34. The largest absolute Gasteiger partial charge is 0.443 e. The SMILES string of the molecule is CC(C)(C)OC(=O)N1SOCC1=O. The summed E-state index contributed by atoms with van der Waals surface area (Å²) in [7, 11) is 0. The van der Waals surface area contributed by atoms with Crippen molar-refractivity contribution in [2.75, 3.05) is 6.61 Å². The summed E-state index contributed by atoms with van der Waals surface area (Å²) in [4.78, 5) is 22.2. The van der Waals surface area contributed by atoms with Gasteiger partial charge in [-0.15, -0.1) is 0 Å². The first-order valence-electron chi connectivity index (χ1n) is 3.76. The van der Waals surface area contributed by atoms with Crippen LogP contribution in [-0.2, 0) is 13.7 Å². The fraction of sp³-hybridized carbons (Fsp3) is 0.714. The summed E-state index contributed by atoms with van der Waals surface area (Å²) in [6.45, 7) is 5.12. The molecule has 0 bridgehead atoms. The molecular weight excluding hydrogens is 194 g/mol. The molecular formula is C7H11NO4S. The van der Waals surface area contributed by atoms with Crippen molar-refractivity contribution in [1.29, 1.82) is 0 Å². The van der Waals surface area contributed by atoms with E-state index >= 15 is 0 Å². The average Bonchev–Trinajstić information content (AvgIpc) is 2.30. The lowest BCUT2D eigenvalue weighted by Crippen LogP contribution is -2.34. The summed E-state index contributed by atoms with van der Waals surface area (Å²) < 4.78 is 10.5. The zero-order valence-electron chi connectivity index (χ0n) is 7.70. The average molecular weight is 205 g/mol. The third-order valence-electron chi connectivity index (χ3n) is 1.10. The molecule has 13 heavy (non-hydrogen) atoms. The Morgan fingerprint density at radius 1 is 1.62 bits per heavy atom. The van der Waals surface area contributed by atoms with E-state index in [2.05, 4.69) is 0 Å². The first-order chi connectivity index (χ1) is 5.90. The zero-order valence-corrected chi connectivity index (χ0v) is 8.51. The van der Waals surface area contributed by atoms with Crippen LogP contribution in [0.2, 0.25) is 0 Å². The maximum atomic E-state index is 11.3. The Bertz CT molecular complexity index is 235. The van der Waals surface area contributed by atoms with Crippen LogP contribution in [0.1, 0.15) is 20.8 Å². The summed E-state index contributed by atoms with van der Waals surface area (Å²) >= 11 is 0.709. The number of hydrogen-bond donors (Lipinski definition) is 0. The van der Waals surface area contributed by atoms with Gasteiger partial charge in [0.2, 0.25) is 0 Å². The number of imide groups is 1. The van der Waals surface area contributed by atoms with Crippen LogP contribution in [0.5, 0.6) is 0 Å². The highest BCUT2D eigenvalue weighted by molar-refractivity contribution is 7.93. The highest BCUT2D eigenvalue weighted by Crippen LogP contribution is 2.22. The Morgan fingerprint density at radius 2 is 2.23 bits per heavy atom. The van der Waals surface area contributed by atoms with E-state index in [9.17, 15) is 9.59 Å². The second kappa shape index (κ2) is 3.55. The summed E-state index contributed by atoms with van der Waals surface area (Å²) in [6, 6.07) is 0. The first-order valence-corrected chi connectivity index (χ1v) is 4.45. The van der Waals surface area contributed by atoms with Gasteiger partial charge in [0.05, 0.1) is 0 Å². The van der Waals surface area contributed by atoms with Crippen LogP contribution in [0, 0.1) is 0 Å². The van der Waals surface area contributed by atoms with E-state index in [1.165, 1.54) is 0 Å². The lowest BCUT2D eigenvalue weighted by atomic mass is 10.2. The quantitative estimate of drug-likeness (QED) is 0.441. The molecule has 1 rings (SSSR count). The molecule has 0 aromatic carbocycles. The summed E-state index contributed by atoms with van der Waals surface area (Å²) in [5.74, 6) is -0.390. The van der Waals surface area contributed by atoms with Crippen molar-refractivity contribution < 1.29 is 18.5 Å². The van der Waals surface area contributed by atoms with E-state index in [0.717, 1.165) is 4.31 Å². The maximum absolute atomic E-state index is 11.3. The second-order valence-corrected chi connectivity index (χ2v) is 4.26. The van der Waals surface area contributed by atoms with E-state index < -0.39 is 11.7 Å². The normalized spacial score (nSPS) is 17.8. The number of carbonyl (C=O) groups excluding carboxylic acids is 2. The highest BCUT2D eigenvalue weighted by Gasteiger charge is 2.33. The van der Waals surface area contributed by atoms with Crippen LogP contribution in [0.15, 0.2) is 0 Å². The van der Waals surface area contributed by atoms with Gasteiger partial charge in [-0.3, -0.25) is 8.98 Å². The Hall–Kier alpha value is -0.750. The number of hydrogen-bond acceptors (Lipinski definition) is 5. The Labute approximate surface area is 80.7 Å². The van der Waals surface area contributed by atoms with Crippen molar-refractivity contribution in [3.05, 3.63) is 0 Å². The van der Waals surface area contributed by atoms with Crippen molar-refractivity contribution in [2.45, 2.75) is 26.4 Å². The highest BCUT2D eigenvalue weighted by atomic mass is 32.2. The third-order valence-corrected chi connectivity index (χ3v) is 1.82. The minimum atomic E-state index is -0.681. The summed E-state index contributed by atoms with van der Waals surface area (Å²) in [5, 5.41) is 0. The molecule has 6 heteroatoms. The van der Waals surface area contributed by atoms with Crippen molar-refractivity contribution in [3.8, 4) is 0 Å². The topological polar surface area (TPSA) is 55.8 Å². The second-order valence-electron chi connectivity index (χ2n) is 3.51. The molecule has 1 saturated heterocycles. The lowest BCUT2D eigenvalue weighted by Gasteiger charge is -2.21. The Morgan fingerprint density at radius 3 is 2.62 bits per heavy atom. The van der Waals surface area contributed by atoms with Gasteiger partial charge >= 0.3 is 6.09 Å². The Balaban J connectivity index is 2.53. The number of nitrogens with zero attached hydrogens (tertiary/aromatic N) is 1. The summed E-state index contributed by atoms with van der Waals surface area (Å²) in [5.41, 5.74) is -0.597. The minimum Gasteiger partial charge on any atom is -0.443 e.